The van der Waals surface area contributed by atoms with Crippen LogP contribution in [0.5, 0.6) is 5.75 Å². The molecule has 4 nitrogen and oxygen atoms in total. The minimum absolute atomic E-state index is 0.228. The number of aryl methyl sites for hydroxylation is 1. The van der Waals surface area contributed by atoms with Gasteiger partial charge in [0.05, 0.1) is 5.92 Å². The molecule has 1 heterocycles. The van der Waals surface area contributed by atoms with Gasteiger partial charge in [0.25, 0.3) is 0 Å². The first-order chi connectivity index (χ1) is 8.11. The van der Waals surface area contributed by atoms with Gasteiger partial charge in [-0.1, -0.05) is 6.92 Å². The van der Waals surface area contributed by atoms with Crippen molar-refractivity contribution < 1.29 is 14.6 Å². The van der Waals surface area contributed by atoms with Crippen LogP contribution in [-0.4, -0.2) is 17.2 Å². The van der Waals surface area contributed by atoms with Crippen LogP contribution in [0.2, 0.25) is 0 Å². The molecular formula is C13H17NO3. The lowest BCUT2D eigenvalue weighted by Gasteiger charge is -2.29. The summed E-state index contributed by atoms with van der Waals surface area (Å²) in [5.74, 6) is -0.438. The highest BCUT2D eigenvalue weighted by molar-refractivity contribution is 5.70. The Kier molecular flexibility index (Phi) is 3.22. The maximum Gasteiger partial charge on any atom is 0.310 e. The molecule has 1 aromatic carbocycles. The SMILES string of the molecule is CCC(C(=O)O)C1CCc2cc(N)ccc2O1. The van der Waals surface area contributed by atoms with E-state index in [-0.39, 0.29) is 6.10 Å². The number of carboxylic acids is 1. The van der Waals surface area contributed by atoms with Gasteiger partial charge in [0.15, 0.2) is 0 Å². The predicted molar refractivity (Wildman–Crippen MR) is 65.0 cm³/mol. The summed E-state index contributed by atoms with van der Waals surface area (Å²) >= 11 is 0. The molecule has 0 amide bonds. The lowest BCUT2D eigenvalue weighted by molar-refractivity contribution is -0.145. The van der Waals surface area contributed by atoms with Crippen LogP contribution in [0, 0.1) is 5.92 Å². The molecule has 2 unspecified atom stereocenters. The van der Waals surface area contributed by atoms with Crippen molar-refractivity contribution >= 4 is 11.7 Å². The molecule has 4 heteroatoms. The van der Waals surface area contributed by atoms with Crippen LogP contribution in [0.1, 0.15) is 25.3 Å². The minimum Gasteiger partial charge on any atom is -0.489 e. The number of rotatable bonds is 3. The van der Waals surface area contributed by atoms with Crippen molar-refractivity contribution in [2.75, 3.05) is 5.73 Å². The molecule has 3 N–H and O–H groups in total. The summed E-state index contributed by atoms with van der Waals surface area (Å²) in [7, 11) is 0. The molecule has 2 rings (SSSR count). The molecule has 0 saturated heterocycles. The second kappa shape index (κ2) is 4.65. The second-order valence-electron chi connectivity index (χ2n) is 4.42. The van der Waals surface area contributed by atoms with Crippen molar-refractivity contribution in [3.05, 3.63) is 23.8 Å². The molecule has 1 aliphatic heterocycles. The summed E-state index contributed by atoms with van der Waals surface area (Å²) in [5, 5.41) is 9.12. The number of ether oxygens (including phenoxy) is 1. The van der Waals surface area contributed by atoms with Crippen molar-refractivity contribution in [1.82, 2.24) is 0 Å². The molecule has 2 atom stereocenters. The molecule has 0 fully saturated rings. The highest BCUT2D eigenvalue weighted by Crippen LogP contribution is 2.32. The molecule has 0 bridgehead atoms. The third-order valence-electron chi connectivity index (χ3n) is 3.27. The number of anilines is 1. The predicted octanol–water partition coefficient (Wildman–Crippen LogP) is 2.07. The number of carboxylic acid groups (broad SMARTS) is 1. The van der Waals surface area contributed by atoms with E-state index < -0.39 is 11.9 Å². The van der Waals surface area contributed by atoms with Crippen LogP contribution >= 0.6 is 0 Å². The first-order valence-corrected chi connectivity index (χ1v) is 5.89. The van der Waals surface area contributed by atoms with Crippen molar-refractivity contribution in [2.24, 2.45) is 5.92 Å². The second-order valence-corrected chi connectivity index (χ2v) is 4.42. The number of benzene rings is 1. The van der Waals surface area contributed by atoms with Gasteiger partial charge in [-0.25, -0.2) is 0 Å². The van der Waals surface area contributed by atoms with Crippen LogP contribution in [0.4, 0.5) is 5.69 Å². The Morgan fingerprint density at radius 2 is 2.41 bits per heavy atom. The normalized spacial score (nSPS) is 20.2. The van der Waals surface area contributed by atoms with Crippen LogP contribution in [0.15, 0.2) is 18.2 Å². The number of nitrogens with two attached hydrogens (primary N) is 1. The Hall–Kier alpha value is -1.71. The third-order valence-corrected chi connectivity index (χ3v) is 3.27. The van der Waals surface area contributed by atoms with Crippen LogP contribution in [0.3, 0.4) is 0 Å². The minimum atomic E-state index is -0.781. The summed E-state index contributed by atoms with van der Waals surface area (Å²) in [6, 6.07) is 5.50. The molecular weight excluding hydrogens is 218 g/mol. The maximum atomic E-state index is 11.1. The molecule has 0 saturated carbocycles. The Morgan fingerprint density at radius 1 is 1.65 bits per heavy atom. The van der Waals surface area contributed by atoms with Gasteiger partial charge in [-0.05, 0) is 43.0 Å². The molecule has 17 heavy (non-hydrogen) atoms. The standard InChI is InChI=1S/C13H17NO3/c1-2-10(13(15)16)12-5-3-8-7-9(14)4-6-11(8)17-12/h4,6-7,10,12H,2-3,5,14H2,1H3,(H,15,16). The molecule has 1 aliphatic rings. The quantitative estimate of drug-likeness (QED) is 0.787. The summed E-state index contributed by atoms with van der Waals surface area (Å²) in [6.07, 6.45) is 1.93. The number of hydrogen-bond acceptors (Lipinski definition) is 3. The fourth-order valence-electron chi connectivity index (χ4n) is 2.31. The first-order valence-electron chi connectivity index (χ1n) is 5.89. The zero-order valence-electron chi connectivity index (χ0n) is 9.85. The van der Waals surface area contributed by atoms with Crippen LogP contribution in [0.25, 0.3) is 0 Å². The molecule has 0 aromatic heterocycles. The number of hydrogen-bond donors (Lipinski definition) is 2. The van der Waals surface area contributed by atoms with Crippen molar-refractivity contribution in [3.8, 4) is 5.75 Å². The van der Waals surface area contributed by atoms with Gasteiger partial charge < -0.3 is 15.6 Å². The van der Waals surface area contributed by atoms with Crippen molar-refractivity contribution in [2.45, 2.75) is 32.3 Å². The number of carbonyl (C=O) groups is 1. The molecule has 0 aliphatic carbocycles. The summed E-state index contributed by atoms with van der Waals surface area (Å²) in [4.78, 5) is 11.1. The summed E-state index contributed by atoms with van der Waals surface area (Å²) in [5.41, 5.74) is 7.49. The lowest BCUT2D eigenvalue weighted by atomic mass is 9.91. The zero-order valence-corrected chi connectivity index (χ0v) is 9.85. The monoisotopic (exact) mass is 235 g/mol. The van der Waals surface area contributed by atoms with E-state index in [2.05, 4.69) is 0 Å². The maximum absolute atomic E-state index is 11.1. The van der Waals surface area contributed by atoms with Crippen LogP contribution in [-0.2, 0) is 11.2 Å². The Morgan fingerprint density at radius 3 is 3.06 bits per heavy atom. The van der Waals surface area contributed by atoms with E-state index in [0.29, 0.717) is 6.42 Å². The van der Waals surface area contributed by atoms with E-state index >= 15 is 0 Å². The first kappa shape index (κ1) is 11.8. The topological polar surface area (TPSA) is 72.5 Å². The fourth-order valence-corrected chi connectivity index (χ4v) is 2.31. The number of aliphatic carboxylic acids is 1. The average molecular weight is 235 g/mol. The van der Waals surface area contributed by atoms with Crippen molar-refractivity contribution in [3.63, 3.8) is 0 Å². The Bertz CT molecular complexity index is 431. The fraction of sp³-hybridized carbons (Fsp3) is 0.462. The van der Waals surface area contributed by atoms with Gasteiger partial charge in [0, 0.05) is 5.69 Å². The number of fused-ring (bicyclic) bond motifs is 1. The Balaban J connectivity index is 2.18. The third kappa shape index (κ3) is 2.35. The Labute approximate surface area is 100 Å². The van der Waals surface area contributed by atoms with Gasteiger partial charge in [0.2, 0.25) is 0 Å². The lowest BCUT2D eigenvalue weighted by Crippen LogP contribution is -2.35. The average Bonchev–Trinajstić information content (AvgIpc) is 2.29. The van der Waals surface area contributed by atoms with Gasteiger partial charge >= 0.3 is 5.97 Å². The van der Waals surface area contributed by atoms with Gasteiger partial charge in [0.1, 0.15) is 11.9 Å². The smallest absolute Gasteiger partial charge is 0.310 e. The van der Waals surface area contributed by atoms with Gasteiger partial charge in [-0.15, -0.1) is 0 Å². The van der Waals surface area contributed by atoms with E-state index in [1.165, 1.54) is 0 Å². The number of nitrogen functional groups attached to an aromatic ring is 1. The molecule has 0 radical (unpaired) electrons. The van der Waals surface area contributed by atoms with Gasteiger partial charge in [-0.3, -0.25) is 4.79 Å². The zero-order chi connectivity index (χ0) is 12.4. The van der Waals surface area contributed by atoms with Crippen LogP contribution < -0.4 is 10.5 Å². The van der Waals surface area contributed by atoms with E-state index in [1.807, 2.05) is 19.1 Å². The van der Waals surface area contributed by atoms with E-state index in [4.69, 9.17) is 15.6 Å². The largest absolute Gasteiger partial charge is 0.489 e. The molecule has 0 spiro atoms. The van der Waals surface area contributed by atoms with E-state index in [0.717, 1.165) is 29.8 Å². The van der Waals surface area contributed by atoms with Crippen molar-refractivity contribution in [1.29, 1.82) is 0 Å². The van der Waals surface area contributed by atoms with E-state index in [1.54, 1.807) is 6.07 Å². The molecule has 92 valence electrons. The molecule has 1 aromatic rings. The summed E-state index contributed by atoms with van der Waals surface area (Å²) in [6.45, 7) is 1.88. The highest BCUT2D eigenvalue weighted by atomic mass is 16.5. The highest BCUT2D eigenvalue weighted by Gasteiger charge is 2.31. The van der Waals surface area contributed by atoms with Gasteiger partial charge in [-0.2, -0.15) is 0 Å². The summed E-state index contributed by atoms with van der Waals surface area (Å²) < 4.78 is 5.76. The van der Waals surface area contributed by atoms with E-state index in [9.17, 15) is 4.79 Å².